The fourth-order valence-corrected chi connectivity index (χ4v) is 8.37. The summed E-state index contributed by atoms with van der Waals surface area (Å²) in [6.07, 6.45) is 1.53. The number of nitrogens with two attached hydrogens (primary N) is 1. The number of halogens is 1. The van der Waals surface area contributed by atoms with Crippen LogP contribution < -0.4 is 21.9 Å². The number of rotatable bonds is 4. The first kappa shape index (κ1) is 23.0. The van der Waals surface area contributed by atoms with E-state index in [0.717, 1.165) is 35.2 Å². The fraction of sp³-hybridized carbons (Fsp3) is 0.542. The minimum absolute atomic E-state index is 0.00480. The standard InChI is InChI=1S/C24H30ClN9OS/c1-11-9-36-22(27-11)24(10-26)14-7-34(8-15(14)24)23-28-20-17(21(35)33(23)3)19(29-30-20)12-4-5-16-13(18(12)25)6-32(2)31-16/h4-6,9,14-15,17,19-20,23,28-30H,7-8,10,26H2,1-3H3/t14-,15+,17?,19?,20?,23?,24?. The van der Waals surface area contributed by atoms with Crippen LogP contribution in [0.3, 0.4) is 0 Å². The molecule has 3 aliphatic heterocycles. The van der Waals surface area contributed by atoms with Crippen molar-refractivity contribution in [3.63, 3.8) is 0 Å². The molecule has 5 heterocycles. The molecule has 12 heteroatoms. The molecule has 5 N–H and O–H groups in total. The van der Waals surface area contributed by atoms with Crippen molar-refractivity contribution in [1.82, 2.24) is 40.7 Å². The van der Waals surface area contributed by atoms with E-state index < -0.39 is 0 Å². The highest BCUT2D eigenvalue weighted by Gasteiger charge is 2.70. The van der Waals surface area contributed by atoms with E-state index in [9.17, 15) is 4.79 Å². The minimum Gasteiger partial charge on any atom is -0.329 e. The van der Waals surface area contributed by atoms with E-state index in [-0.39, 0.29) is 35.7 Å². The van der Waals surface area contributed by atoms with Crippen molar-refractivity contribution in [1.29, 1.82) is 0 Å². The zero-order chi connectivity index (χ0) is 24.9. The maximum atomic E-state index is 13.7. The highest BCUT2D eigenvalue weighted by atomic mass is 35.5. The van der Waals surface area contributed by atoms with E-state index in [2.05, 4.69) is 31.5 Å². The SMILES string of the molecule is Cc1csc(C2(CN)[C@@H]3CN(C4NC5NNC(c6ccc7nn(C)cc7c6Cl)C5C(=O)N4C)C[C@@H]32)n1. The minimum atomic E-state index is -0.323. The number of piperidine rings is 1. The van der Waals surface area contributed by atoms with Crippen LogP contribution in [0.15, 0.2) is 23.7 Å². The molecular formula is C24H30ClN9OS. The lowest BCUT2D eigenvalue weighted by Gasteiger charge is -2.45. The maximum absolute atomic E-state index is 13.7. The zero-order valence-corrected chi connectivity index (χ0v) is 22.0. The Labute approximate surface area is 218 Å². The van der Waals surface area contributed by atoms with Crippen LogP contribution in [-0.2, 0) is 17.3 Å². The molecule has 4 fully saturated rings. The third kappa shape index (κ3) is 3.05. The van der Waals surface area contributed by atoms with Gasteiger partial charge < -0.3 is 10.6 Å². The van der Waals surface area contributed by atoms with Gasteiger partial charge in [0.05, 0.1) is 28.7 Å². The normalized spacial score (nSPS) is 36.0. The molecule has 3 aromatic rings. The Morgan fingerprint density at radius 2 is 2.03 bits per heavy atom. The lowest BCUT2D eigenvalue weighted by molar-refractivity contribution is -0.149. The highest BCUT2D eigenvalue weighted by Crippen LogP contribution is 2.63. The molecule has 0 bridgehead atoms. The molecule has 10 nitrogen and oxygen atoms in total. The third-order valence-corrected chi connectivity index (χ3v) is 10.4. The monoisotopic (exact) mass is 527 g/mol. The van der Waals surface area contributed by atoms with E-state index in [1.165, 1.54) is 5.01 Å². The molecule has 5 unspecified atom stereocenters. The van der Waals surface area contributed by atoms with Crippen LogP contribution in [0.4, 0.5) is 0 Å². The summed E-state index contributed by atoms with van der Waals surface area (Å²) in [5, 5.41) is 12.9. The Morgan fingerprint density at radius 3 is 2.72 bits per heavy atom. The van der Waals surface area contributed by atoms with Crippen LogP contribution in [0, 0.1) is 24.7 Å². The Morgan fingerprint density at radius 1 is 1.25 bits per heavy atom. The number of hydrazine groups is 1. The number of hydrogen-bond acceptors (Lipinski definition) is 9. The average Bonchev–Trinajstić information content (AvgIpc) is 3.46. The van der Waals surface area contributed by atoms with Gasteiger partial charge in [0.2, 0.25) is 5.91 Å². The summed E-state index contributed by atoms with van der Waals surface area (Å²) in [5.74, 6) is 0.721. The number of benzene rings is 1. The van der Waals surface area contributed by atoms with E-state index in [1.807, 2.05) is 44.2 Å². The van der Waals surface area contributed by atoms with Gasteiger partial charge in [0.1, 0.15) is 11.3 Å². The Hall–Kier alpha value is -2.12. The van der Waals surface area contributed by atoms with Crippen molar-refractivity contribution in [2.75, 3.05) is 26.7 Å². The lowest BCUT2D eigenvalue weighted by Crippen LogP contribution is -2.69. The number of hydrogen-bond donors (Lipinski definition) is 4. The van der Waals surface area contributed by atoms with Crippen LogP contribution in [-0.4, -0.2) is 69.6 Å². The van der Waals surface area contributed by atoms with Crippen molar-refractivity contribution in [3.05, 3.63) is 45.0 Å². The molecule has 7 atom stereocenters. The van der Waals surface area contributed by atoms with Crippen LogP contribution in [0.1, 0.15) is 22.3 Å². The first-order chi connectivity index (χ1) is 17.3. The number of carbonyl (C=O) groups excluding carboxylic acids is 1. The molecule has 190 valence electrons. The summed E-state index contributed by atoms with van der Waals surface area (Å²) in [6.45, 7) is 4.45. The largest absolute Gasteiger partial charge is 0.329 e. The molecule has 1 aliphatic carbocycles. The quantitative estimate of drug-likeness (QED) is 0.395. The zero-order valence-electron chi connectivity index (χ0n) is 20.4. The molecule has 7 rings (SSSR count). The number of thiazole rings is 1. The second-order valence-electron chi connectivity index (χ2n) is 10.7. The molecule has 0 radical (unpaired) electrons. The molecule has 0 spiro atoms. The number of amides is 1. The number of aromatic nitrogens is 3. The number of aryl methyl sites for hydroxylation is 2. The van der Waals surface area contributed by atoms with E-state index in [4.69, 9.17) is 22.3 Å². The number of fused-ring (bicyclic) bond motifs is 3. The predicted molar refractivity (Wildman–Crippen MR) is 138 cm³/mol. The van der Waals surface area contributed by atoms with E-state index in [1.54, 1.807) is 16.0 Å². The van der Waals surface area contributed by atoms with Gasteiger partial charge in [-0.15, -0.1) is 11.3 Å². The molecule has 1 aromatic carbocycles. The van der Waals surface area contributed by atoms with Gasteiger partial charge in [-0.25, -0.2) is 15.8 Å². The van der Waals surface area contributed by atoms with E-state index >= 15 is 0 Å². The number of carbonyl (C=O) groups is 1. The first-order valence-corrected chi connectivity index (χ1v) is 13.6. The van der Waals surface area contributed by atoms with Gasteiger partial charge in [0.15, 0.2) is 0 Å². The van der Waals surface area contributed by atoms with Gasteiger partial charge in [-0.1, -0.05) is 17.7 Å². The third-order valence-electron chi connectivity index (χ3n) is 8.81. The lowest BCUT2D eigenvalue weighted by atomic mass is 9.89. The first-order valence-electron chi connectivity index (χ1n) is 12.4. The summed E-state index contributed by atoms with van der Waals surface area (Å²) in [5.41, 5.74) is 15.8. The topological polar surface area (TPSA) is 116 Å². The van der Waals surface area contributed by atoms with E-state index in [0.29, 0.717) is 23.4 Å². The molecule has 2 aromatic heterocycles. The number of likely N-dealkylation sites (tertiary alicyclic amines) is 1. The second kappa shape index (κ2) is 7.94. The van der Waals surface area contributed by atoms with Gasteiger partial charge >= 0.3 is 0 Å². The highest BCUT2D eigenvalue weighted by molar-refractivity contribution is 7.09. The summed E-state index contributed by atoms with van der Waals surface area (Å²) >= 11 is 8.53. The molecule has 1 saturated carbocycles. The van der Waals surface area contributed by atoms with Crippen LogP contribution in [0.25, 0.3) is 10.9 Å². The van der Waals surface area contributed by atoms with Crippen LogP contribution in [0.2, 0.25) is 5.02 Å². The molecule has 3 saturated heterocycles. The van der Waals surface area contributed by atoms with Crippen molar-refractivity contribution in [3.8, 4) is 0 Å². The number of nitrogens with one attached hydrogen (secondary N) is 3. The van der Waals surface area contributed by atoms with Crippen molar-refractivity contribution < 1.29 is 4.79 Å². The smallest absolute Gasteiger partial charge is 0.232 e. The summed E-state index contributed by atoms with van der Waals surface area (Å²) < 4.78 is 1.75. The summed E-state index contributed by atoms with van der Waals surface area (Å²) in [6, 6.07) is 3.68. The van der Waals surface area contributed by atoms with Gasteiger partial charge in [0.25, 0.3) is 0 Å². The molecule has 1 amide bonds. The summed E-state index contributed by atoms with van der Waals surface area (Å²) in [4.78, 5) is 22.7. The van der Waals surface area contributed by atoms with Gasteiger partial charge in [0, 0.05) is 61.8 Å². The van der Waals surface area contributed by atoms with Crippen LogP contribution >= 0.6 is 22.9 Å². The van der Waals surface area contributed by atoms with Crippen molar-refractivity contribution in [2.24, 2.45) is 30.5 Å². The maximum Gasteiger partial charge on any atom is 0.232 e. The van der Waals surface area contributed by atoms with Crippen LogP contribution in [0.5, 0.6) is 0 Å². The Bertz CT molecular complexity index is 1360. The van der Waals surface area contributed by atoms with Gasteiger partial charge in [-0.05, 0) is 30.4 Å². The molecule has 4 aliphatic rings. The average molecular weight is 528 g/mol. The summed E-state index contributed by atoms with van der Waals surface area (Å²) in [7, 11) is 3.77. The predicted octanol–water partition coefficient (Wildman–Crippen LogP) is 0.886. The fourth-order valence-electron chi connectivity index (χ4n) is 6.91. The molecule has 36 heavy (non-hydrogen) atoms. The van der Waals surface area contributed by atoms with Gasteiger partial charge in [-0.2, -0.15) is 5.10 Å². The Kier molecular flexibility index (Phi) is 5.08. The van der Waals surface area contributed by atoms with Crippen molar-refractivity contribution >= 4 is 39.7 Å². The van der Waals surface area contributed by atoms with Gasteiger partial charge in [-0.3, -0.25) is 19.7 Å². The molecular weight excluding hydrogens is 498 g/mol. The van der Waals surface area contributed by atoms with Crippen molar-refractivity contribution in [2.45, 2.75) is 30.8 Å². The second-order valence-corrected chi connectivity index (χ2v) is 11.9. The number of nitrogens with zero attached hydrogens (tertiary/aromatic N) is 5. The Balaban J connectivity index is 1.10.